The summed E-state index contributed by atoms with van der Waals surface area (Å²) in [7, 11) is 3.12. The van der Waals surface area contributed by atoms with Gasteiger partial charge in [-0.2, -0.15) is 0 Å². The van der Waals surface area contributed by atoms with Crippen molar-refractivity contribution in [2.75, 3.05) is 14.2 Å². The maximum Gasteiger partial charge on any atom is 0.312 e. The van der Waals surface area contributed by atoms with Crippen LogP contribution in [-0.4, -0.2) is 26.3 Å². The standard InChI is InChI=1S/C11H18O3/c1-7-5-9(13-3)6-10(8(7)2)11(12)14-4/h9-10H,5-6H2,1-4H3/t9-,10+/m1/s1. The van der Waals surface area contributed by atoms with Gasteiger partial charge in [-0.1, -0.05) is 11.1 Å². The van der Waals surface area contributed by atoms with Crippen LogP contribution in [0.25, 0.3) is 0 Å². The lowest BCUT2D eigenvalue weighted by molar-refractivity contribution is -0.145. The Balaban J connectivity index is 2.84. The average molecular weight is 198 g/mol. The normalized spacial score (nSPS) is 27.7. The highest BCUT2D eigenvalue weighted by Gasteiger charge is 2.30. The van der Waals surface area contributed by atoms with E-state index in [1.807, 2.05) is 6.92 Å². The summed E-state index contributed by atoms with van der Waals surface area (Å²) in [4.78, 5) is 11.5. The molecule has 0 amide bonds. The van der Waals surface area contributed by atoms with E-state index in [1.165, 1.54) is 12.7 Å². The van der Waals surface area contributed by atoms with Gasteiger partial charge in [0.1, 0.15) is 0 Å². The Morgan fingerprint density at radius 2 is 2.00 bits per heavy atom. The van der Waals surface area contributed by atoms with Crippen LogP contribution in [0.3, 0.4) is 0 Å². The predicted molar refractivity (Wildman–Crippen MR) is 53.9 cm³/mol. The van der Waals surface area contributed by atoms with Gasteiger partial charge >= 0.3 is 5.97 Å². The van der Waals surface area contributed by atoms with Gasteiger partial charge in [0, 0.05) is 7.11 Å². The largest absolute Gasteiger partial charge is 0.469 e. The number of rotatable bonds is 2. The van der Waals surface area contributed by atoms with Gasteiger partial charge in [-0.25, -0.2) is 0 Å². The molecule has 1 aliphatic rings. The van der Waals surface area contributed by atoms with Crippen molar-refractivity contribution in [1.82, 2.24) is 0 Å². The third-order valence-corrected chi connectivity index (χ3v) is 3.05. The lowest BCUT2D eigenvalue weighted by Crippen LogP contribution is -2.29. The van der Waals surface area contributed by atoms with Gasteiger partial charge in [0.2, 0.25) is 0 Å². The van der Waals surface area contributed by atoms with Crippen molar-refractivity contribution in [2.45, 2.75) is 32.8 Å². The first-order chi connectivity index (χ1) is 6.60. The summed E-state index contributed by atoms with van der Waals surface area (Å²) in [5.74, 6) is -0.262. The maximum atomic E-state index is 11.5. The van der Waals surface area contributed by atoms with Crippen LogP contribution in [0, 0.1) is 5.92 Å². The fourth-order valence-electron chi connectivity index (χ4n) is 1.92. The number of esters is 1. The van der Waals surface area contributed by atoms with Crippen molar-refractivity contribution in [3.63, 3.8) is 0 Å². The highest BCUT2D eigenvalue weighted by molar-refractivity contribution is 5.76. The van der Waals surface area contributed by atoms with E-state index in [0.717, 1.165) is 18.4 Å². The van der Waals surface area contributed by atoms with Gasteiger partial charge in [-0.15, -0.1) is 0 Å². The van der Waals surface area contributed by atoms with E-state index in [4.69, 9.17) is 9.47 Å². The second-order valence-electron chi connectivity index (χ2n) is 3.84. The van der Waals surface area contributed by atoms with Crippen molar-refractivity contribution in [3.8, 4) is 0 Å². The minimum atomic E-state index is -0.149. The molecule has 0 bridgehead atoms. The molecule has 0 unspecified atom stereocenters. The molecule has 14 heavy (non-hydrogen) atoms. The van der Waals surface area contributed by atoms with E-state index < -0.39 is 0 Å². The molecule has 0 aromatic rings. The highest BCUT2D eigenvalue weighted by atomic mass is 16.5. The van der Waals surface area contributed by atoms with E-state index >= 15 is 0 Å². The van der Waals surface area contributed by atoms with Gasteiger partial charge in [-0.3, -0.25) is 4.79 Å². The maximum absolute atomic E-state index is 11.5. The molecule has 1 aliphatic carbocycles. The fourth-order valence-corrected chi connectivity index (χ4v) is 1.92. The predicted octanol–water partition coefficient (Wildman–Crippen LogP) is 1.92. The molecule has 3 heteroatoms. The van der Waals surface area contributed by atoms with Crippen LogP contribution in [0.15, 0.2) is 11.1 Å². The van der Waals surface area contributed by atoms with Crippen LogP contribution in [0.1, 0.15) is 26.7 Å². The SMILES string of the molecule is COC(=O)[C@H]1C[C@H](OC)CC(C)=C1C. The van der Waals surface area contributed by atoms with Gasteiger partial charge in [-0.05, 0) is 26.7 Å². The summed E-state index contributed by atoms with van der Waals surface area (Å²) >= 11 is 0. The molecule has 80 valence electrons. The molecule has 0 aromatic heterocycles. The summed E-state index contributed by atoms with van der Waals surface area (Å²) in [5, 5.41) is 0. The number of hydrogen-bond donors (Lipinski definition) is 0. The monoisotopic (exact) mass is 198 g/mol. The number of methoxy groups -OCH3 is 2. The molecule has 0 radical (unpaired) electrons. The van der Waals surface area contributed by atoms with Crippen molar-refractivity contribution < 1.29 is 14.3 Å². The number of hydrogen-bond acceptors (Lipinski definition) is 3. The van der Waals surface area contributed by atoms with Crippen molar-refractivity contribution in [1.29, 1.82) is 0 Å². The molecular weight excluding hydrogens is 180 g/mol. The molecule has 2 atom stereocenters. The van der Waals surface area contributed by atoms with Crippen LogP contribution >= 0.6 is 0 Å². The molecule has 0 heterocycles. The summed E-state index contributed by atoms with van der Waals surface area (Å²) < 4.78 is 10.1. The van der Waals surface area contributed by atoms with E-state index in [-0.39, 0.29) is 18.0 Å². The zero-order chi connectivity index (χ0) is 10.7. The third-order valence-electron chi connectivity index (χ3n) is 3.05. The molecule has 1 rings (SSSR count). The van der Waals surface area contributed by atoms with Crippen LogP contribution in [0.4, 0.5) is 0 Å². The smallest absolute Gasteiger partial charge is 0.312 e. The van der Waals surface area contributed by atoms with Crippen molar-refractivity contribution >= 4 is 5.97 Å². The summed E-state index contributed by atoms with van der Waals surface area (Å²) in [6.45, 7) is 4.05. The van der Waals surface area contributed by atoms with Crippen molar-refractivity contribution in [3.05, 3.63) is 11.1 Å². The number of carbonyl (C=O) groups excluding carboxylic acids is 1. The Bertz CT molecular complexity index is 255. The van der Waals surface area contributed by atoms with E-state index in [9.17, 15) is 4.79 Å². The highest BCUT2D eigenvalue weighted by Crippen LogP contribution is 2.31. The molecule has 0 saturated carbocycles. The minimum absolute atomic E-state index is 0.112. The van der Waals surface area contributed by atoms with Gasteiger partial charge < -0.3 is 9.47 Å². The average Bonchev–Trinajstić information content (AvgIpc) is 2.20. The lowest BCUT2D eigenvalue weighted by Gasteiger charge is -2.28. The van der Waals surface area contributed by atoms with Gasteiger partial charge in [0.05, 0.1) is 19.1 Å². The molecule has 0 fully saturated rings. The van der Waals surface area contributed by atoms with E-state index in [1.54, 1.807) is 7.11 Å². The first kappa shape index (κ1) is 11.2. The van der Waals surface area contributed by atoms with Crippen LogP contribution < -0.4 is 0 Å². The number of ether oxygens (including phenoxy) is 2. The molecule has 3 nitrogen and oxygen atoms in total. The minimum Gasteiger partial charge on any atom is -0.469 e. The summed E-state index contributed by atoms with van der Waals surface area (Å²) in [6.07, 6.45) is 1.82. The fraction of sp³-hybridized carbons (Fsp3) is 0.727. The van der Waals surface area contributed by atoms with Crippen LogP contribution in [0.5, 0.6) is 0 Å². The van der Waals surface area contributed by atoms with Gasteiger partial charge in [0.15, 0.2) is 0 Å². The third kappa shape index (κ3) is 2.15. The quantitative estimate of drug-likeness (QED) is 0.502. The lowest BCUT2D eigenvalue weighted by atomic mass is 9.82. The topological polar surface area (TPSA) is 35.5 Å². The Morgan fingerprint density at radius 1 is 1.36 bits per heavy atom. The molecular formula is C11H18O3. The number of carbonyl (C=O) groups is 1. The second-order valence-corrected chi connectivity index (χ2v) is 3.84. The molecule has 0 N–H and O–H groups in total. The zero-order valence-electron chi connectivity index (χ0n) is 9.29. The van der Waals surface area contributed by atoms with Crippen LogP contribution in [0.2, 0.25) is 0 Å². The Kier molecular flexibility index (Phi) is 3.69. The van der Waals surface area contributed by atoms with E-state index in [2.05, 4.69) is 6.92 Å². The van der Waals surface area contributed by atoms with E-state index in [0.29, 0.717) is 0 Å². The van der Waals surface area contributed by atoms with Crippen LogP contribution in [-0.2, 0) is 14.3 Å². The molecule has 0 aliphatic heterocycles. The summed E-state index contributed by atoms with van der Waals surface area (Å²) in [5.41, 5.74) is 2.39. The van der Waals surface area contributed by atoms with Crippen molar-refractivity contribution in [2.24, 2.45) is 5.92 Å². The first-order valence-electron chi connectivity index (χ1n) is 4.87. The van der Waals surface area contributed by atoms with Gasteiger partial charge in [0.25, 0.3) is 0 Å². The first-order valence-corrected chi connectivity index (χ1v) is 4.87. The Labute approximate surface area is 85.1 Å². The molecule has 0 saturated heterocycles. The molecule has 0 aromatic carbocycles. The second kappa shape index (κ2) is 4.60. The molecule has 0 spiro atoms. The Hall–Kier alpha value is -0.830. The zero-order valence-corrected chi connectivity index (χ0v) is 9.29. The summed E-state index contributed by atoms with van der Waals surface area (Å²) in [6, 6.07) is 0. The Morgan fingerprint density at radius 3 is 2.50 bits per heavy atom.